The summed E-state index contributed by atoms with van der Waals surface area (Å²) in [6.45, 7) is 4.68. The molecule has 1 aromatic heterocycles. The maximum absolute atomic E-state index is 11.5. The first-order chi connectivity index (χ1) is 10.9. The van der Waals surface area contributed by atoms with Gasteiger partial charge in [0.05, 0.1) is 11.4 Å². The molecule has 6 nitrogen and oxygen atoms in total. The number of hydrogen-bond acceptors (Lipinski definition) is 5. The van der Waals surface area contributed by atoms with Crippen molar-refractivity contribution in [2.24, 2.45) is 7.05 Å². The van der Waals surface area contributed by atoms with Gasteiger partial charge in [0.2, 0.25) is 0 Å². The molecule has 0 amide bonds. The fourth-order valence-electron chi connectivity index (χ4n) is 2.82. The molecule has 124 valence electrons. The summed E-state index contributed by atoms with van der Waals surface area (Å²) >= 11 is 0. The lowest BCUT2D eigenvalue weighted by Crippen LogP contribution is -2.46. The number of piperazine rings is 1. The molecule has 1 aromatic carbocycles. The van der Waals surface area contributed by atoms with Crippen LogP contribution in [-0.4, -0.2) is 55.3 Å². The molecule has 0 aliphatic carbocycles. The van der Waals surface area contributed by atoms with Gasteiger partial charge in [-0.05, 0) is 24.3 Å². The van der Waals surface area contributed by atoms with Gasteiger partial charge in [-0.15, -0.1) is 0 Å². The molecule has 2 aromatic rings. The van der Waals surface area contributed by atoms with Gasteiger partial charge in [0.1, 0.15) is 5.82 Å². The first kappa shape index (κ1) is 16.0. The average Bonchev–Trinajstić information content (AvgIpc) is 2.93. The van der Waals surface area contributed by atoms with E-state index >= 15 is 0 Å². The fourth-order valence-corrected chi connectivity index (χ4v) is 3.45. The predicted molar refractivity (Wildman–Crippen MR) is 90.2 cm³/mol. The van der Waals surface area contributed by atoms with E-state index in [1.807, 2.05) is 31.6 Å². The average molecular weight is 334 g/mol. The molecule has 0 unspecified atom stereocenters. The molecule has 1 aliphatic rings. The van der Waals surface area contributed by atoms with Crippen LogP contribution in [0.15, 0.2) is 41.6 Å². The van der Waals surface area contributed by atoms with Gasteiger partial charge in [-0.3, -0.25) is 4.90 Å². The Labute approximate surface area is 137 Å². The predicted octanol–water partition coefficient (Wildman–Crippen LogP) is 1.15. The molecule has 0 N–H and O–H groups in total. The SMILES string of the molecule is Cn1ccnc1CN1CCN(c2ccc(S(C)(=O)=O)cc2)CC1. The van der Waals surface area contributed by atoms with Crippen LogP contribution in [-0.2, 0) is 23.4 Å². The largest absolute Gasteiger partial charge is 0.369 e. The van der Waals surface area contributed by atoms with Gasteiger partial charge in [-0.1, -0.05) is 0 Å². The van der Waals surface area contributed by atoms with E-state index in [-0.39, 0.29) is 0 Å². The quantitative estimate of drug-likeness (QED) is 0.839. The van der Waals surface area contributed by atoms with E-state index in [0.717, 1.165) is 44.2 Å². The van der Waals surface area contributed by atoms with Crippen molar-refractivity contribution in [2.75, 3.05) is 37.3 Å². The topological polar surface area (TPSA) is 58.4 Å². The van der Waals surface area contributed by atoms with Crippen molar-refractivity contribution >= 4 is 15.5 Å². The van der Waals surface area contributed by atoms with Crippen molar-refractivity contribution < 1.29 is 8.42 Å². The van der Waals surface area contributed by atoms with E-state index in [1.165, 1.54) is 6.26 Å². The van der Waals surface area contributed by atoms with E-state index < -0.39 is 9.84 Å². The highest BCUT2D eigenvalue weighted by atomic mass is 32.2. The van der Waals surface area contributed by atoms with Crippen LogP contribution < -0.4 is 4.90 Å². The van der Waals surface area contributed by atoms with E-state index in [1.54, 1.807) is 12.1 Å². The third-order valence-electron chi connectivity index (χ3n) is 4.29. The Morgan fingerprint density at radius 3 is 2.26 bits per heavy atom. The zero-order valence-corrected chi connectivity index (χ0v) is 14.3. The summed E-state index contributed by atoms with van der Waals surface area (Å²) in [6.07, 6.45) is 5.03. The number of rotatable bonds is 4. The summed E-state index contributed by atoms with van der Waals surface area (Å²) in [5, 5.41) is 0. The summed E-state index contributed by atoms with van der Waals surface area (Å²) < 4.78 is 25.1. The summed E-state index contributed by atoms with van der Waals surface area (Å²) in [6, 6.07) is 7.16. The zero-order chi connectivity index (χ0) is 16.4. The van der Waals surface area contributed by atoms with E-state index in [9.17, 15) is 8.42 Å². The molecule has 0 bridgehead atoms. The molecule has 3 rings (SSSR count). The van der Waals surface area contributed by atoms with Gasteiger partial charge in [-0.2, -0.15) is 0 Å². The van der Waals surface area contributed by atoms with Gasteiger partial charge < -0.3 is 9.47 Å². The standard InChI is InChI=1S/C16H22N4O2S/c1-18-8-7-17-16(18)13-19-9-11-20(12-10-19)14-3-5-15(6-4-14)23(2,21)22/h3-8H,9-13H2,1-2H3. The van der Waals surface area contributed by atoms with Crippen molar-refractivity contribution in [3.05, 3.63) is 42.5 Å². The minimum Gasteiger partial charge on any atom is -0.369 e. The molecule has 23 heavy (non-hydrogen) atoms. The van der Waals surface area contributed by atoms with Crippen LogP contribution in [0.5, 0.6) is 0 Å². The summed E-state index contributed by atoms with van der Waals surface area (Å²) in [5.41, 5.74) is 1.08. The van der Waals surface area contributed by atoms with Gasteiger partial charge in [-0.25, -0.2) is 13.4 Å². The van der Waals surface area contributed by atoms with Crippen LogP contribution in [0.2, 0.25) is 0 Å². The number of aromatic nitrogens is 2. The van der Waals surface area contributed by atoms with Gasteiger partial charge in [0.15, 0.2) is 9.84 Å². The normalized spacial score (nSPS) is 16.7. The Balaban J connectivity index is 1.59. The van der Waals surface area contributed by atoms with Crippen LogP contribution in [0.25, 0.3) is 0 Å². The monoisotopic (exact) mass is 334 g/mol. The highest BCUT2D eigenvalue weighted by molar-refractivity contribution is 7.90. The zero-order valence-electron chi connectivity index (χ0n) is 13.5. The molecule has 1 saturated heterocycles. The molecular formula is C16H22N4O2S. The number of benzene rings is 1. The summed E-state index contributed by atoms with van der Waals surface area (Å²) in [5.74, 6) is 1.08. The molecule has 0 radical (unpaired) electrons. The molecule has 0 spiro atoms. The number of imidazole rings is 1. The Hall–Kier alpha value is -1.86. The third kappa shape index (κ3) is 3.73. The molecule has 0 atom stereocenters. The second kappa shape index (κ2) is 6.33. The molecule has 1 fully saturated rings. The Bertz CT molecular complexity index is 760. The van der Waals surface area contributed by atoms with Crippen molar-refractivity contribution in [1.29, 1.82) is 0 Å². The second-order valence-electron chi connectivity index (χ2n) is 5.98. The molecule has 0 saturated carbocycles. The number of sulfone groups is 1. The maximum atomic E-state index is 11.5. The molecular weight excluding hydrogens is 312 g/mol. The third-order valence-corrected chi connectivity index (χ3v) is 5.42. The highest BCUT2D eigenvalue weighted by Crippen LogP contribution is 2.20. The van der Waals surface area contributed by atoms with E-state index in [2.05, 4.69) is 19.4 Å². The summed E-state index contributed by atoms with van der Waals surface area (Å²) in [4.78, 5) is 9.43. The van der Waals surface area contributed by atoms with Crippen molar-refractivity contribution in [2.45, 2.75) is 11.4 Å². The first-order valence-electron chi connectivity index (χ1n) is 7.67. The highest BCUT2D eigenvalue weighted by Gasteiger charge is 2.19. The van der Waals surface area contributed by atoms with Crippen molar-refractivity contribution in [3.8, 4) is 0 Å². The van der Waals surface area contributed by atoms with Crippen LogP contribution in [0.1, 0.15) is 5.82 Å². The second-order valence-corrected chi connectivity index (χ2v) is 8.00. The number of aryl methyl sites for hydroxylation is 1. The van der Waals surface area contributed by atoms with E-state index in [4.69, 9.17) is 0 Å². The fraction of sp³-hybridized carbons (Fsp3) is 0.438. The molecule has 2 heterocycles. The smallest absolute Gasteiger partial charge is 0.175 e. The summed E-state index contributed by atoms with van der Waals surface area (Å²) in [7, 11) is -1.11. The lowest BCUT2D eigenvalue weighted by Gasteiger charge is -2.36. The van der Waals surface area contributed by atoms with Gasteiger partial charge in [0.25, 0.3) is 0 Å². The molecule has 1 aliphatic heterocycles. The Morgan fingerprint density at radius 2 is 1.74 bits per heavy atom. The minimum atomic E-state index is -3.13. The Kier molecular flexibility index (Phi) is 4.41. The first-order valence-corrected chi connectivity index (χ1v) is 9.56. The van der Waals surface area contributed by atoms with Crippen molar-refractivity contribution in [3.63, 3.8) is 0 Å². The van der Waals surface area contributed by atoms with Crippen LogP contribution in [0, 0.1) is 0 Å². The van der Waals surface area contributed by atoms with Gasteiger partial charge >= 0.3 is 0 Å². The Morgan fingerprint density at radius 1 is 1.09 bits per heavy atom. The van der Waals surface area contributed by atoms with Crippen LogP contribution >= 0.6 is 0 Å². The number of hydrogen-bond donors (Lipinski definition) is 0. The maximum Gasteiger partial charge on any atom is 0.175 e. The molecule has 7 heteroatoms. The lowest BCUT2D eigenvalue weighted by atomic mass is 10.2. The number of nitrogens with zero attached hydrogens (tertiary/aromatic N) is 4. The lowest BCUT2D eigenvalue weighted by molar-refractivity contribution is 0.242. The number of anilines is 1. The van der Waals surface area contributed by atoms with Gasteiger partial charge in [0, 0.05) is 57.6 Å². The minimum absolute atomic E-state index is 0.370. The van der Waals surface area contributed by atoms with Crippen molar-refractivity contribution in [1.82, 2.24) is 14.5 Å². The van der Waals surface area contributed by atoms with E-state index in [0.29, 0.717) is 4.90 Å². The van der Waals surface area contributed by atoms with Crippen LogP contribution in [0.4, 0.5) is 5.69 Å². The van der Waals surface area contributed by atoms with Crippen LogP contribution in [0.3, 0.4) is 0 Å².